The summed E-state index contributed by atoms with van der Waals surface area (Å²) in [5.41, 5.74) is 5.24. The number of carbonyl (C=O) groups excluding carboxylic acids is 2. The number of aromatic nitrogens is 2. The molecular weight excluding hydrogens is 378 g/mol. The number of nitrogens with zero attached hydrogens (tertiary/aromatic N) is 2. The van der Waals surface area contributed by atoms with Gasteiger partial charge in [-0.25, -0.2) is 9.48 Å². The van der Waals surface area contributed by atoms with E-state index in [2.05, 4.69) is 9.84 Å². The molecule has 0 saturated heterocycles. The summed E-state index contributed by atoms with van der Waals surface area (Å²) in [7, 11) is 1.29. The van der Waals surface area contributed by atoms with Gasteiger partial charge in [-0.05, 0) is 30.3 Å². The molecule has 1 atom stereocenters. The van der Waals surface area contributed by atoms with Crippen LogP contribution in [-0.2, 0) is 11.3 Å². The molecule has 0 saturated carbocycles. The van der Waals surface area contributed by atoms with Gasteiger partial charge in [0.25, 0.3) is 11.5 Å². The van der Waals surface area contributed by atoms with E-state index >= 15 is 0 Å². The molecular formula is C20H19N3O6. The smallest absolute Gasteiger partial charge is 0.337 e. The quantitative estimate of drug-likeness (QED) is 0.561. The van der Waals surface area contributed by atoms with E-state index in [9.17, 15) is 19.5 Å². The summed E-state index contributed by atoms with van der Waals surface area (Å²) in [6, 6.07) is 12.7. The van der Waals surface area contributed by atoms with Gasteiger partial charge in [0.1, 0.15) is 18.5 Å². The summed E-state index contributed by atoms with van der Waals surface area (Å²) in [6.07, 6.45) is -1.08. The van der Waals surface area contributed by atoms with Crippen molar-refractivity contribution in [2.45, 2.75) is 12.6 Å². The summed E-state index contributed by atoms with van der Waals surface area (Å²) in [5, 5.41) is 14.9. The maximum absolute atomic E-state index is 12.6. The summed E-state index contributed by atoms with van der Waals surface area (Å²) in [5.74, 6) is -0.816. The fourth-order valence-electron chi connectivity index (χ4n) is 2.79. The van der Waals surface area contributed by atoms with E-state index in [1.54, 1.807) is 36.4 Å². The molecule has 1 heterocycles. The second-order valence-electron chi connectivity index (χ2n) is 6.23. The lowest BCUT2D eigenvalue weighted by molar-refractivity contribution is 0.0600. The predicted molar refractivity (Wildman–Crippen MR) is 104 cm³/mol. The summed E-state index contributed by atoms with van der Waals surface area (Å²) in [4.78, 5) is 35.7. The molecule has 9 heteroatoms. The lowest BCUT2D eigenvalue weighted by Gasteiger charge is -2.15. The number of hydrogen-bond donors (Lipinski definition) is 2. The second kappa shape index (κ2) is 8.53. The summed E-state index contributed by atoms with van der Waals surface area (Å²) < 4.78 is 11.1. The van der Waals surface area contributed by atoms with Crippen molar-refractivity contribution in [3.8, 4) is 5.75 Å². The van der Waals surface area contributed by atoms with Crippen LogP contribution >= 0.6 is 0 Å². The third-order valence-electron chi connectivity index (χ3n) is 4.20. The van der Waals surface area contributed by atoms with Crippen molar-refractivity contribution in [1.82, 2.24) is 9.78 Å². The van der Waals surface area contributed by atoms with Crippen LogP contribution < -0.4 is 16.0 Å². The topological polar surface area (TPSA) is 134 Å². The van der Waals surface area contributed by atoms with Crippen molar-refractivity contribution in [3.63, 3.8) is 0 Å². The first kappa shape index (κ1) is 20.0. The molecule has 1 unspecified atom stereocenters. The highest BCUT2D eigenvalue weighted by Gasteiger charge is 2.16. The Morgan fingerprint density at radius 1 is 1.14 bits per heavy atom. The lowest BCUT2D eigenvalue weighted by atomic mass is 10.1. The molecule has 0 aliphatic carbocycles. The zero-order valence-electron chi connectivity index (χ0n) is 15.6. The molecule has 0 fully saturated rings. The van der Waals surface area contributed by atoms with E-state index in [0.29, 0.717) is 16.7 Å². The number of amides is 1. The fourth-order valence-corrected chi connectivity index (χ4v) is 2.79. The van der Waals surface area contributed by atoms with E-state index in [0.717, 1.165) is 4.68 Å². The molecule has 3 aromatic rings. The van der Waals surface area contributed by atoms with Gasteiger partial charge in [-0.1, -0.05) is 18.2 Å². The maximum atomic E-state index is 12.6. The second-order valence-corrected chi connectivity index (χ2v) is 6.23. The molecule has 1 aromatic heterocycles. The largest absolute Gasteiger partial charge is 0.491 e. The van der Waals surface area contributed by atoms with Gasteiger partial charge in [-0.15, -0.1) is 0 Å². The first-order valence-corrected chi connectivity index (χ1v) is 8.69. The SMILES string of the molecule is COC(=O)c1ccc(OCC(O)Cn2nc(C(N)=O)c3ccccc3c2=O)cc1. The van der Waals surface area contributed by atoms with Crippen molar-refractivity contribution in [3.05, 3.63) is 70.1 Å². The van der Waals surface area contributed by atoms with Crippen LogP contribution in [-0.4, -0.2) is 46.6 Å². The Labute approximate surface area is 165 Å². The molecule has 3 N–H and O–H groups in total. The van der Waals surface area contributed by atoms with Gasteiger partial charge >= 0.3 is 5.97 Å². The summed E-state index contributed by atoms with van der Waals surface area (Å²) in [6.45, 7) is -0.325. The van der Waals surface area contributed by atoms with Crippen LogP contribution in [0.4, 0.5) is 0 Å². The zero-order chi connectivity index (χ0) is 21.0. The number of ether oxygens (including phenoxy) is 2. The van der Waals surface area contributed by atoms with Crippen molar-refractivity contribution < 1.29 is 24.2 Å². The molecule has 0 aliphatic heterocycles. The van der Waals surface area contributed by atoms with Crippen molar-refractivity contribution in [1.29, 1.82) is 0 Å². The van der Waals surface area contributed by atoms with Crippen LogP contribution in [0.3, 0.4) is 0 Å². The average Bonchev–Trinajstić information content (AvgIpc) is 2.74. The monoisotopic (exact) mass is 397 g/mol. The molecule has 0 radical (unpaired) electrons. The van der Waals surface area contributed by atoms with Crippen LogP contribution in [0.1, 0.15) is 20.8 Å². The third kappa shape index (κ3) is 4.41. The first-order valence-electron chi connectivity index (χ1n) is 8.69. The minimum atomic E-state index is -1.08. The van der Waals surface area contributed by atoms with Crippen LogP contribution in [0.2, 0.25) is 0 Å². The Morgan fingerprint density at radius 2 is 1.79 bits per heavy atom. The van der Waals surface area contributed by atoms with Gasteiger partial charge in [-0.2, -0.15) is 5.10 Å². The highest BCUT2D eigenvalue weighted by atomic mass is 16.5. The number of esters is 1. The number of hydrogen-bond acceptors (Lipinski definition) is 7. The average molecular weight is 397 g/mol. The molecule has 0 bridgehead atoms. The number of benzene rings is 2. The van der Waals surface area contributed by atoms with E-state index < -0.39 is 23.5 Å². The molecule has 150 valence electrons. The molecule has 0 spiro atoms. The number of rotatable bonds is 7. The lowest BCUT2D eigenvalue weighted by Crippen LogP contribution is -2.34. The van der Waals surface area contributed by atoms with Gasteiger partial charge in [0.05, 0.1) is 24.6 Å². The number of aliphatic hydroxyl groups is 1. The predicted octanol–water partition coefficient (Wildman–Crippen LogP) is 0.722. The van der Waals surface area contributed by atoms with E-state index in [4.69, 9.17) is 10.5 Å². The highest BCUT2D eigenvalue weighted by Crippen LogP contribution is 2.14. The van der Waals surface area contributed by atoms with Gasteiger partial charge in [0.2, 0.25) is 0 Å². The third-order valence-corrected chi connectivity index (χ3v) is 4.20. The van der Waals surface area contributed by atoms with Crippen molar-refractivity contribution in [2.75, 3.05) is 13.7 Å². The van der Waals surface area contributed by atoms with E-state index in [1.165, 1.54) is 19.2 Å². The first-order chi connectivity index (χ1) is 13.9. The highest BCUT2D eigenvalue weighted by molar-refractivity contribution is 6.03. The Balaban J connectivity index is 1.74. The Kier molecular flexibility index (Phi) is 5.89. The molecule has 3 rings (SSSR count). The number of fused-ring (bicyclic) bond motifs is 1. The molecule has 0 aliphatic rings. The van der Waals surface area contributed by atoms with Gasteiger partial charge < -0.3 is 20.3 Å². The van der Waals surface area contributed by atoms with Gasteiger partial charge in [0, 0.05) is 5.39 Å². The van der Waals surface area contributed by atoms with Crippen LogP contribution in [0, 0.1) is 0 Å². The molecule has 2 aromatic carbocycles. The minimum absolute atomic E-state index is 0.0493. The Morgan fingerprint density at radius 3 is 2.41 bits per heavy atom. The number of primary amides is 1. The van der Waals surface area contributed by atoms with E-state index in [-0.39, 0.29) is 24.2 Å². The van der Waals surface area contributed by atoms with Gasteiger partial charge in [0.15, 0.2) is 5.69 Å². The van der Waals surface area contributed by atoms with Gasteiger partial charge in [-0.3, -0.25) is 9.59 Å². The standard InChI is InChI=1S/C20H19N3O6/c1-28-20(27)12-6-8-14(9-7-12)29-11-13(24)10-23-19(26)16-5-3-2-4-15(16)17(22-23)18(21)25/h2-9,13,24H,10-11H2,1H3,(H2,21,25). The van der Waals surface area contributed by atoms with Crippen LogP contribution in [0.15, 0.2) is 53.3 Å². The molecule has 29 heavy (non-hydrogen) atoms. The maximum Gasteiger partial charge on any atom is 0.337 e. The Hall–Kier alpha value is -3.72. The van der Waals surface area contributed by atoms with Crippen molar-refractivity contribution in [2.24, 2.45) is 5.73 Å². The van der Waals surface area contributed by atoms with Crippen LogP contribution in [0.5, 0.6) is 5.75 Å². The molecule has 9 nitrogen and oxygen atoms in total. The number of methoxy groups -OCH3 is 1. The zero-order valence-corrected chi connectivity index (χ0v) is 15.6. The molecule has 1 amide bonds. The number of aliphatic hydroxyl groups excluding tert-OH is 1. The summed E-state index contributed by atoms with van der Waals surface area (Å²) >= 11 is 0. The van der Waals surface area contributed by atoms with Crippen LogP contribution in [0.25, 0.3) is 10.8 Å². The normalized spacial score (nSPS) is 11.8. The van der Waals surface area contributed by atoms with E-state index in [1.807, 2.05) is 0 Å². The van der Waals surface area contributed by atoms with Crippen molar-refractivity contribution >= 4 is 22.6 Å². The Bertz CT molecular complexity index is 1110. The number of nitrogens with two attached hydrogens (primary N) is 1. The number of carbonyl (C=O) groups is 2. The minimum Gasteiger partial charge on any atom is -0.491 e. The fraction of sp³-hybridized carbons (Fsp3) is 0.200.